The quantitative estimate of drug-likeness (QED) is 0.699. The van der Waals surface area contributed by atoms with Crippen LogP contribution in [0.4, 0.5) is 0 Å². The summed E-state index contributed by atoms with van der Waals surface area (Å²) in [5.41, 5.74) is 5.02. The van der Waals surface area contributed by atoms with Gasteiger partial charge in [-0.05, 0) is 55.3 Å². The van der Waals surface area contributed by atoms with Crippen molar-refractivity contribution in [2.45, 2.75) is 0 Å². The third-order valence-corrected chi connectivity index (χ3v) is 5.53. The minimum atomic E-state index is -0.148. The van der Waals surface area contributed by atoms with Gasteiger partial charge in [0.2, 0.25) is 0 Å². The largest absolute Gasteiger partial charge is 0.0663 e. The van der Waals surface area contributed by atoms with E-state index < -0.39 is 0 Å². The fraction of sp³-hybridized carbons (Fsp3) is 0.0400. The number of rotatable bonds is 0. The lowest BCUT2D eigenvalue weighted by Gasteiger charge is -2.28. The van der Waals surface area contributed by atoms with Gasteiger partial charge < -0.3 is 0 Å². The van der Waals surface area contributed by atoms with Crippen molar-refractivity contribution >= 4 is 23.3 Å². The normalized spacial score (nSPS) is 20.2. The van der Waals surface area contributed by atoms with Gasteiger partial charge in [0.25, 0.3) is 0 Å². The summed E-state index contributed by atoms with van der Waals surface area (Å²) in [4.78, 5) is 0. The Labute approximate surface area is 146 Å². The van der Waals surface area contributed by atoms with Crippen molar-refractivity contribution in [1.82, 2.24) is 0 Å². The second-order valence-corrected chi connectivity index (χ2v) is 7.05. The van der Waals surface area contributed by atoms with Gasteiger partial charge >= 0.3 is 0 Å². The highest BCUT2D eigenvalue weighted by molar-refractivity contribution is 5.92. The molecule has 0 saturated heterocycles. The second-order valence-electron chi connectivity index (χ2n) is 7.05. The van der Waals surface area contributed by atoms with Gasteiger partial charge in [-0.1, -0.05) is 85.0 Å². The van der Waals surface area contributed by atoms with Crippen LogP contribution in [0.15, 0.2) is 96.1 Å². The smallest absolute Gasteiger partial charge is 0.0448 e. The Morgan fingerprint density at radius 2 is 1.48 bits per heavy atom. The fourth-order valence-corrected chi connectivity index (χ4v) is 4.32. The lowest BCUT2D eigenvalue weighted by atomic mass is 9.75. The molecule has 4 aliphatic carbocycles. The highest BCUT2D eigenvalue weighted by Crippen LogP contribution is 2.41. The zero-order valence-corrected chi connectivity index (χ0v) is 13.7. The van der Waals surface area contributed by atoms with Gasteiger partial charge in [0.05, 0.1) is 0 Å². The molecule has 0 amide bonds. The molecule has 0 fully saturated rings. The Bertz CT molecular complexity index is 1220. The second kappa shape index (κ2) is 4.49. The van der Waals surface area contributed by atoms with E-state index in [1.807, 2.05) is 0 Å². The molecule has 25 heavy (non-hydrogen) atoms. The minimum Gasteiger partial charge on any atom is -0.0663 e. The molecule has 0 heterocycles. The molecule has 0 bridgehead atoms. The van der Waals surface area contributed by atoms with Crippen LogP contribution in [0.25, 0.3) is 23.3 Å². The molecule has 0 aliphatic heterocycles. The van der Waals surface area contributed by atoms with Crippen LogP contribution in [0.1, 0.15) is 0 Å². The van der Waals surface area contributed by atoms with Crippen LogP contribution in [0, 0.1) is 5.41 Å². The van der Waals surface area contributed by atoms with E-state index in [1.165, 1.54) is 43.2 Å². The third-order valence-electron chi connectivity index (χ3n) is 5.53. The fourth-order valence-electron chi connectivity index (χ4n) is 4.32. The van der Waals surface area contributed by atoms with Crippen molar-refractivity contribution in [2.75, 3.05) is 0 Å². The summed E-state index contributed by atoms with van der Waals surface area (Å²) >= 11 is 0. The Morgan fingerprint density at radius 1 is 0.720 bits per heavy atom. The molecule has 1 atom stereocenters. The third kappa shape index (κ3) is 1.77. The SMILES string of the molecule is [C]1=c2ccccc2=C2C=CC3(C=CC4=c5ccccc5=CC4=C3)C=C12. The van der Waals surface area contributed by atoms with Gasteiger partial charge in [0.1, 0.15) is 0 Å². The molecule has 0 N–H and O–H groups in total. The number of allylic oxidation sites excluding steroid dienone is 8. The van der Waals surface area contributed by atoms with Crippen molar-refractivity contribution in [1.29, 1.82) is 0 Å². The maximum atomic E-state index is 3.58. The van der Waals surface area contributed by atoms with Crippen molar-refractivity contribution in [2.24, 2.45) is 5.41 Å². The number of hydrogen-bond acceptors (Lipinski definition) is 0. The van der Waals surface area contributed by atoms with Gasteiger partial charge in [-0.15, -0.1) is 0 Å². The zero-order valence-electron chi connectivity index (χ0n) is 13.7. The standard InChI is InChI=1S/C25H15/c1-3-7-21-17(5-1)13-19-15-25(11-9-23(19)21)12-10-24-20(16-25)14-18-6-2-4-8-22(18)24/h1-13,15-16H. The maximum Gasteiger partial charge on any atom is 0.0448 e. The predicted octanol–water partition coefficient (Wildman–Crippen LogP) is 2.13. The van der Waals surface area contributed by atoms with Gasteiger partial charge in [-0.2, -0.15) is 0 Å². The first-order valence-electron chi connectivity index (χ1n) is 8.71. The molecular formula is C25H15. The van der Waals surface area contributed by atoms with E-state index in [9.17, 15) is 0 Å². The first-order valence-corrected chi connectivity index (χ1v) is 8.71. The van der Waals surface area contributed by atoms with E-state index in [2.05, 4.69) is 97.1 Å². The van der Waals surface area contributed by atoms with E-state index in [-0.39, 0.29) is 5.41 Å². The van der Waals surface area contributed by atoms with Crippen LogP contribution >= 0.6 is 0 Å². The monoisotopic (exact) mass is 315 g/mol. The van der Waals surface area contributed by atoms with Crippen molar-refractivity contribution in [3.05, 3.63) is 117 Å². The summed E-state index contributed by atoms with van der Waals surface area (Å²) in [7, 11) is 0. The summed E-state index contributed by atoms with van der Waals surface area (Å²) in [6.07, 6.45) is 19.8. The van der Waals surface area contributed by atoms with Crippen LogP contribution in [-0.2, 0) is 0 Å². The van der Waals surface area contributed by atoms with Gasteiger partial charge in [-0.3, -0.25) is 0 Å². The molecular weight excluding hydrogens is 300 g/mol. The minimum absolute atomic E-state index is 0.148. The number of fused-ring (bicyclic) bond motifs is 4. The van der Waals surface area contributed by atoms with E-state index in [1.54, 1.807) is 0 Å². The first kappa shape index (κ1) is 13.2. The summed E-state index contributed by atoms with van der Waals surface area (Å²) in [5, 5.41) is 5.15. The van der Waals surface area contributed by atoms with E-state index in [0.717, 1.165) is 0 Å². The number of hydrogen-bond donors (Lipinski definition) is 0. The van der Waals surface area contributed by atoms with E-state index >= 15 is 0 Å². The van der Waals surface area contributed by atoms with Gasteiger partial charge in [-0.25, -0.2) is 0 Å². The highest BCUT2D eigenvalue weighted by atomic mass is 14.3. The Morgan fingerprint density at radius 3 is 2.40 bits per heavy atom. The van der Waals surface area contributed by atoms with Crippen molar-refractivity contribution < 1.29 is 0 Å². The van der Waals surface area contributed by atoms with Crippen LogP contribution in [-0.4, -0.2) is 0 Å². The van der Waals surface area contributed by atoms with E-state index in [0.29, 0.717) is 0 Å². The summed E-state index contributed by atoms with van der Waals surface area (Å²) in [6.45, 7) is 0. The molecule has 4 aliphatic rings. The molecule has 6 rings (SSSR count). The Balaban J connectivity index is 1.56. The number of benzene rings is 2. The lowest BCUT2D eigenvalue weighted by Crippen LogP contribution is -2.23. The average Bonchev–Trinajstić information content (AvgIpc) is 3.18. The van der Waals surface area contributed by atoms with Crippen molar-refractivity contribution in [3.63, 3.8) is 0 Å². The Kier molecular flexibility index (Phi) is 2.37. The summed E-state index contributed by atoms with van der Waals surface area (Å²) < 4.78 is 0. The molecule has 1 radical (unpaired) electrons. The first-order chi connectivity index (χ1) is 12.3. The molecule has 1 unspecified atom stereocenters. The highest BCUT2D eigenvalue weighted by Gasteiger charge is 2.29. The van der Waals surface area contributed by atoms with E-state index in [4.69, 9.17) is 0 Å². The zero-order chi connectivity index (χ0) is 16.4. The molecule has 0 heteroatoms. The van der Waals surface area contributed by atoms with Crippen LogP contribution < -0.4 is 20.9 Å². The lowest BCUT2D eigenvalue weighted by molar-refractivity contribution is 0.804. The van der Waals surface area contributed by atoms with Gasteiger partial charge in [0.15, 0.2) is 0 Å². The molecule has 0 saturated carbocycles. The summed E-state index contributed by atoms with van der Waals surface area (Å²) in [5.74, 6) is 0. The van der Waals surface area contributed by atoms with Gasteiger partial charge in [0, 0.05) is 5.41 Å². The van der Waals surface area contributed by atoms with Crippen LogP contribution in [0.3, 0.4) is 0 Å². The maximum absolute atomic E-state index is 3.58. The molecule has 0 aromatic heterocycles. The predicted molar refractivity (Wildman–Crippen MR) is 103 cm³/mol. The molecule has 2 aromatic carbocycles. The molecule has 115 valence electrons. The van der Waals surface area contributed by atoms with Crippen LogP contribution in [0.2, 0.25) is 0 Å². The average molecular weight is 315 g/mol. The topological polar surface area (TPSA) is 0 Å². The van der Waals surface area contributed by atoms with Crippen molar-refractivity contribution in [3.8, 4) is 0 Å². The molecule has 0 nitrogen and oxygen atoms in total. The molecule has 1 spiro atoms. The van der Waals surface area contributed by atoms with Crippen LogP contribution in [0.5, 0.6) is 0 Å². The Hall–Kier alpha value is -3.12. The summed E-state index contributed by atoms with van der Waals surface area (Å²) in [6, 6.07) is 17.1. The molecule has 2 aromatic rings.